The Hall–Kier alpha value is -2.09. The van der Waals surface area contributed by atoms with Crippen LogP contribution < -0.4 is 5.32 Å². The second kappa shape index (κ2) is 6.67. The van der Waals surface area contributed by atoms with Crippen molar-refractivity contribution in [2.45, 2.75) is 44.6 Å². The molecule has 3 amide bonds. The van der Waals surface area contributed by atoms with Crippen molar-refractivity contribution in [1.82, 2.24) is 15.0 Å². The van der Waals surface area contributed by atoms with Gasteiger partial charge in [0.15, 0.2) is 5.76 Å². The van der Waals surface area contributed by atoms with Crippen molar-refractivity contribution < 1.29 is 18.8 Å². The lowest BCUT2D eigenvalue weighted by Gasteiger charge is -2.35. The summed E-state index contributed by atoms with van der Waals surface area (Å²) in [5.41, 5.74) is 1.42. The maximum absolute atomic E-state index is 12.6. The molecule has 2 saturated heterocycles. The third kappa shape index (κ3) is 3.35. The van der Waals surface area contributed by atoms with E-state index in [4.69, 9.17) is 9.26 Å². The van der Waals surface area contributed by atoms with Crippen molar-refractivity contribution in [2.24, 2.45) is 0 Å². The molecule has 3 fully saturated rings. The van der Waals surface area contributed by atoms with Crippen LogP contribution in [0.3, 0.4) is 0 Å². The smallest absolute Gasteiger partial charge is 0.322 e. The monoisotopic (exact) mass is 348 g/mol. The van der Waals surface area contributed by atoms with Crippen LogP contribution in [0.1, 0.15) is 43.1 Å². The Labute approximate surface area is 146 Å². The molecule has 3 heterocycles. The van der Waals surface area contributed by atoms with E-state index in [-0.39, 0.29) is 18.0 Å². The number of amides is 3. The number of nitrogens with zero attached hydrogens (tertiary/aromatic N) is 3. The zero-order valence-electron chi connectivity index (χ0n) is 14.5. The van der Waals surface area contributed by atoms with Crippen LogP contribution >= 0.6 is 0 Å². The number of rotatable bonds is 3. The Bertz CT molecular complexity index is 656. The van der Waals surface area contributed by atoms with E-state index in [9.17, 15) is 9.59 Å². The lowest BCUT2D eigenvalue weighted by Crippen LogP contribution is -2.53. The molecular formula is C17H24N4O4. The summed E-state index contributed by atoms with van der Waals surface area (Å²) < 4.78 is 10.8. The van der Waals surface area contributed by atoms with Gasteiger partial charge in [0.25, 0.3) is 5.91 Å². The third-order valence-electron chi connectivity index (χ3n) is 5.15. The number of aromatic nitrogens is 1. The van der Waals surface area contributed by atoms with Gasteiger partial charge in [0.1, 0.15) is 17.5 Å². The van der Waals surface area contributed by atoms with Crippen molar-refractivity contribution in [2.75, 3.05) is 38.1 Å². The summed E-state index contributed by atoms with van der Waals surface area (Å²) in [6, 6.07) is -0.155. The summed E-state index contributed by atoms with van der Waals surface area (Å²) in [6.07, 6.45) is 3.63. The van der Waals surface area contributed by atoms with Crippen LogP contribution in [0.25, 0.3) is 0 Å². The predicted molar refractivity (Wildman–Crippen MR) is 89.4 cm³/mol. The minimum Gasteiger partial charge on any atom is -0.368 e. The van der Waals surface area contributed by atoms with E-state index in [0.717, 1.165) is 31.4 Å². The molecule has 0 spiro atoms. The summed E-state index contributed by atoms with van der Waals surface area (Å²) >= 11 is 0. The maximum atomic E-state index is 12.6. The number of urea groups is 1. The number of hydrogen-bond donors (Lipinski definition) is 1. The molecule has 2 aliphatic heterocycles. The van der Waals surface area contributed by atoms with Crippen LogP contribution in [0.2, 0.25) is 0 Å². The lowest BCUT2D eigenvalue weighted by molar-refractivity contribution is -0.142. The number of aryl methyl sites for hydroxylation is 1. The Morgan fingerprint density at radius 2 is 1.84 bits per heavy atom. The first-order chi connectivity index (χ1) is 12.1. The summed E-state index contributed by atoms with van der Waals surface area (Å²) in [7, 11) is 0. The van der Waals surface area contributed by atoms with Gasteiger partial charge in [-0.25, -0.2) is 4.79 Å². The summed E-state index contributed by atoms with van der Waals surface area (Å²) in [4.78, 5) is 28.5. The first-order valence-electron chi connectivity index (χ1n) is 9.06. The molecule has 136 valence electrons. The fourth-order valence-corrected chi connectivity index (χ4v) is 3.46. The highest BCUT2D eigenvalue weighted by Crippen LogP contribution is 2.44. The molecule has 1 aromatic heterocycles. The van der Waals surface area contributed by atoms with Crippen LogP contribution in [-0.2, 0) is 9.53 Å². The van der Waals surface area contributed by atoms with Crippen molar-refractivity contribution in [3.8, 4) is 0 Å². The molecule has 1 atom stereocenters. The molecule has 1 N–H and O–H groups in total. The minimum absolute atomic E-state index is 0.0588. The number of ether oxygens (including phenoxy) is 1. The van der Waals surface area contributed by atoms with Gasteiger partial charge >= 0.3 is 6.03 Å². The van der Waals surface area contributed by atoms with Crippen LogP contribution in [0.5, 0.6) is 0 Å². The van der Waals surface area contributed by atoms with Gasteiger partial charge in [0.05, 0.1) is 0 Å². The molecule has 1 aliphatic carbocycles. The van der Waals surface area contributed by atoms with Gasteiger partial charge in [-0.2, -0.15) is 0 Å². The van der Waals surface area contributed by atoms with Crippen molar-refractivity contribution in [3.05, 3.63) is 11.5 Å². The van der Waals surface area contributed by atoms with E-state index >= 15 is 0 Å². The first kappa shape index (κ1) is 16.4. The average Bonchev–Trinajstić information content (AvgIpc) is 3.19. The molecule has 0 unspecified atom stereocenters. The number of hydrogen-bond acceptors (Lipinski definition) is 5. The van der Waals surface area contributed by atoms with E-state index in [2.05, 4.69) is 10.5 Å². The molecule has 1 saturated carbocycles. The van der Waals surface area contributed by atoms with E-state index in [0.29, 0.717) is 50.1 Å². The van der Waals surface area contributed by atoms with Crippen LogP contribution in [0.4, 0.5) is 10.5 Å². The van der Waals surface area contributed by atoms with Gasteiger partial charge < -0.3 is 24.4 Å². The van der Waals surface area contributed by atoms with Crippen LogP contribution in [-0.4, -0.2) is 65.8 Å². The number of nitrogens with one attached hydrogen (secondary N) is 1. The van der Waals surface area contributed by atoms with E-state index in [1.165, 1.54) is 0 Å². The molecule has 0 radical (unpaired) electrons. The largest absolute Gasteiger partial charge is 0.368 e. The van der Waals surface area contributed by atoms with Gasteiger partial charge in [0, 0.05) is 38.7 Å². The molecule has 8 heteroatoms. The number of piperazine rings is 1. The number of carbonyl (C=O) groups is 2. The molecule has 25 heavy (non-hydrogen) atoms. The zero-order chi connectivity index (χ0) is 17.4. The molecule has 3 aliphatic rings. The second-order valence-electron chi connectivity index (χ2n) is 7.03. The van der Waals surface area contributed by atoms with Crippen molar-refractivity contribution in [1.29, 1.82) is 0 Å². The highest BCUT2D eigenvalue weighted by atomic mass is 16.5. The first-order valence-corrected chi connectivity index (χ1v) is 9.06. The SMILES string of the molecule is Cc1noc(C2CC2)c1NC(=O)N1CCN(C(=O)[C@H]2CCCO2)CC1. The summed E-state index contributed by atoms with van der Waals surface area (Å²) in [6.45, 7) is 4.64. The Kier molecular flexibility index (Phi) is 4.37. The fourth-order valence-electron chi connectivity index (χ4n) is 3.46. The second-order valence-corrected chi connectivity index (χ2v) is 7.03. The molecule has 1 aromatic rings. The van der Waals surface area contributed by atoms with Crippen LogP contribution in [0, 0.1) is 6.92 Å². The Morgan fingerprint density at radius 1 is 1.12 bits per heavy atom. The maximum Gasteiger partial charge on any atom is 0.322 e. The van der Waals surface area contributed by atoms with Gasteiger partial charge in [-0.3, -0.25) is 4.79 Å². The zero-order valence-corrected chi connectivity index (χ0v) is 14.5. The minimum atomic E-state index is -0.291. The normalized spacial score (nSPS) is 23.8. The number of anilines is 1. The van der Waals surface area contributed by atoms with Gasteiger partial charge in [-0.15, -0.1) is 0 Å². The predicted octanol–water partition coefficient (Wildman–Crippen LogP) is 1.72. The van der Waals surface area contributed by atoms with Gasteiger partial charge in [-0.05, 0) is 32.6 Å². The Balaban J connectivity index is 1.32. The molecule has 0 bridgehead atoms. The van der Waals surface area contributed by atoms with Crippen LogP contribution in [0.15, 0.2) is 4.52 Å². The Morgan fingerprint density at radius 3 is 2.48 bits per heavy atom. The summed E-state index contributed by atoms with van der Waals surface area (Å²) in [5, 5.41) is 6.93. The third-order valence-corrected chi connectivity index (χ3v) is 5.15. The van der Waals surface area contributed by atoms with Crippen molar-refractivity contribution >= 4 is 17.6 Å². The molecule has 4 rings (SSSR count). The standard InChI is InChI=1S/C17H24N4O4/c1-11-14(15(25-19-11)12-4-5-12)18-17(23)21-8-6-20(7-9-21)16(22)13-3-2-10-24-13/h12-13H,2-10H2,1H3,(H,18,23)/t13-/m1/s1. The van der Waals surface area contributed by atoms with Crippen molar-refractivity contribution in [3.63, 3.8) is 0 Å². The highest BCUT2D eigenvalue weighted by Gasteiger charge is 2.34. The van der Waals surface area contributed by atoms with Gasteiger partial charge in [-0.1, -0.05) is 5.16 Å². The highest BCUT2D eigenvalue weighted by molar-refractivity contribution is 5.91. The summed E-state index contributed by atoms with van der Waals surface area (Å²) in [5.74, 6) is 1.24. The molecule has 8 nitrogen and oxygen atoms in total. The average molecular weight is 348 g/mol. The molecular weight excluding hydrogens is 324 g/mol. The van der Waals surface area contributed by atoms with E-state index in [1.807, 2.05) is 6.92 Å². The topological polar surface area (TPSA) is 87.9 Å². The van der Waals surface area contributed by atoms with E-state index < -0.39 is 0 Å². The quantitative estimate of drug-likeness (QED) is 0.898. The van der Waals surface area contributed by atoms with E-state index in [1.54, 1.807) is 9.80 Å². The lowest BCUT2D eigenvalue weighted by atomic mass is 10.2. The van der Waals surface area contributed by atoms with Gasteiger partial charge in [0.2, 0.25) is 0 Å². The number of carbonyl (C=O) groups excluding carboxylic acids is 2. The molecule has 0 aromatic carbocycles. The fraction of sp³-hybridized carbons (Fsp3) is 0.706.